The second-order valence-corrected chi connectivity index (χ2v) is 5.49. The molecule has 0 atom stereocenters. The van der Waals surface area contributed by atoms with Gasteiger partial charge in [-0.2, -0.15) is 0 Å². The smallest absolute Gasteiger partial charge is 0.323 e. The lowest BCUT2D eigenvalue weighted by molar-refractivity contribution is 0.262. The highest BCUT2D eigenvalue weighted by atomic mass is 35.5. The van der Waals surface area contributed by atoms with Crippen molar-refractivity contribution in [3.05, 3.63) is 51.5 Å². The first kappa shape index (κ1) is 15.5. The van der Waals surface area contributed by atoms with E-state index < -0.39 is 6.03 Å². The van der Waals surface area contributed by atoms with Gasteiger partial charge in [0.25, 0.3) is 0 Å². The van der Waals surface area contributed by atoms with Crippen LogP contribution in [-0.2, 0) is 0 Å². The summed E-state index contributed by atoms with van der Waals surface area (Å²) in [5.41, 5.74) is 9.54. The van der Waals surface area contributed by atoms with Gasteiger partial charge in [0.2, 0.25) is 0 Å². The zero-order valence-corrected chi connectivity index (χ0v) is 13.1. The fourth-order valence-corrected chi connectivity index (χ4v) is 2.15. The molecule has 0 aliphatic rings. The molecule has 110 valence electrons. The maximum absolute atomic E-state index is 12.0. The van der Waals surface area contributed by atoms with Crippen LogP contribution in [-0.4, -0.2) is 6.03 Å². The molecule has 0 saturated heterocycles. The van der Waals surface area contributed by atoms with E-state index in [2.05, 4.69) is 10.6 Å². The number of halogens is 2. The molecule has 4 N–H and O–H groups in total. The Morgan fingerprint density at radius 3 is 2.43 bits per heavy atom. The topological polar surface area (TPSA) is 67.1 Å². The molecular weight excluding hydrogens is 309 g/mol. The van der Waals surface area contributed by atoms with Gasteiger partial charge in [0.15, 0.2) is 0 Å². The van der Waals surface area contributed by atoms with Crippen LogP contribution in [0.3, 0.4) is 0 Å². The Balaban J connectivity index is 2.15. The van der Waals surface area contributed by atoms with Crippen molar-refractivity contribution in [1.29, 1.82) is 0 Å². The number of nitrogens with two attached hydrogens (primary N) is 1. The molecule has 0 aliphatic heterocycles. The zero-order chi connectivity index (χ0) is 15.6. The number of amides is 2. The van der Waals surface area contributed by atoms with Crippen LogP contribution in [0.25, 0.3) is 0 Å². The summed E-state index contributed by atoms with van der Waals surface area (Å²) in [6.07, 6.45) is 0. The Morgan fingerprint density at radius 1 is 1.05 bits per heavy atom. The SMILES string of the molecule is Cc1ccc(N)c(NC(=O)Nc2ccc(Cl)c(Cl)c2)c1C. The summed E-state index contributed by atoms with van der Waals surface area (Å²) in [5, 5.41) is 6.24. The molecule has 0 bridgehead atoms. The molecule has 2 aromatic rings. The lowest BCUT2D eigenvalue weighted by atomic mass is 10.1. The lowest BCUT2D eigenvalue weighted by Crippen LogP contribution is -2.21. The summed E-state index contributed by atoms with van der Waals surface area (Å²) in [7, 11) is 0. The maximum atomic E-state index is 12.0. The number of hydrogen-bond acceptors (Lipinski definition) is 2. The maximum Gasteiger partial charge on any atom is 0.323 e. The molecular formula is C15H15Cl2N3O. The van der Waals surface area contributed by atoms with E-state index in [0.29, 0.717) is 27.1 Å². The molecule has 0 aliphatic carbocycles. The van der Waals surface area contributed by atoms with E-state index >= 15 is 0 Å². The molecule has 2 amide bonds. The van der Waals surface area contributed by atoms with Crippen LogP contribution in [0.1, 0.15) is 11.1 Å². The average Bonchev–Trinajstić information content (AvgIpc) is 2.43. The molecule has 4 nitrogen and oxygen atoms in total. The predicted octanol–water partition coefficient (Wildman–Crippen LogP) is 4.84. The molecule has 2 aromatic carbocycles. The van der Waals surface area contributed by atoms with Gasteiger partial charge in [0.05, 0.1) is 21.4 Å². The number of benzene rings is 2. The van der Waals surface area contributed by atoms with Crippen LogP contribution in [0.15, 0.2) is 30.3 Å². The van der Waals surface area contributed by atoms with Crippen molar-refractivity contribution in [2.45, 2.75) is 13.8 Å². The minimum absolute atomic E-state index is 0.376. The van der Waals surface area contributed by atoms with Crippen molar-refractivity contribution >= 4 is 46.3 Å². The summed E-state index contributed by atoms with van der Waals surface area (Å²) < 4.78 is 0. The van der Waals surface area contributed by atoms with Gasteiger partial charge in [-0.1, -0.05) is 29.3 Å². The molecule has 6 heteroatoms. The molecule has 0 unspecified atom stereocenters. The summed E-state index contributed by atoms with van der Waals surface area (Å²) in [4.78, 5) is 12.0. The van der Waals surface area contributed by atoms with E-state index in [1.165, 1.54) is 0 Å². The number of urea groups is 1. The number of anilines is 3. The second kappa shape index (κ2) is 6.24. The van der Waals surface area contributed by atoms with Crippen LogP contribution in [0.4, 0.5) is 21.9 Å². The van der Waals surface area contributed by atoms with Gasteiger partial charge in [-0.05, 0) is 49.2 Å². The first-order valence-electron chi connectivity index (χ1n) is 6.27. The highest BCUT2D eigenvalue weighted by molar-refractivity contribution is 6.42. The number of carbonyl (C=O) groups excluding carboxylic acids is 1. The number of nitrogen functional groups attached to an aromatic ring is 1. The summed E-state index contributed by atoms with van der Waals surface area (Å²) >= 11 is 11.7. The molecule has 0 radical (unpaired) electrons. The van der Waals surface area contributed by atoms with Gasteiger partial charge in [-0.3, -0.25) is 0 Å². The van der Waals surface area contributed by atoms with Gasteiger partial charge in [0.1, 0.15) is 0 Å². The Morgan fingerprint density at radius 2 is 1.76 bits per heavy atom. The second-order valence-electron chi connectivity index (χ2n) is 4.68. The van der Waals surface area contributed by atoms with E-state index in [4.69, 9.17) is 28.9 Å². The Kier molecular flexibility index (Phi) is 4.60. The molecule has 0 heterocycles. The third-order valence-corrected chi connectivity index (χ3v) is 3.92. The highest BCUT2D eigenvalue weighted by Crippen LogP contribution is 2.27. The van der Waals surface area contributed by atoms with Gasteiger partial charge in [-0.15, -0.1) is 0 Å². The van der Waals surface area contributed by atoms with Gasteiger partial charge in [0, 0.05) is 5.69 Å². The summed E-state index contributed by atoms with van der Waals surface area (Å²) in [6, 6.07) is 8.14. The van der Waals surface area contributed by atoms with Crippen molar-refractivity contribution in [3.63, 3.8) is 0 Å². The number of carbonyl (C=O) groups is 1. The van der Waals surface area contributed by atoms with Gasteiger partial charge in [-0.25, -0.2) is 4.79 Å². The molecule has 21 heavy (non-hydrogen) atoms. The zero-order valence-electron chi connectivity index (χ0n) is 11.6. The third-order valence-electron chi connectivity index (χ3n) is 3.18. The van der Waals surface area contributed by atoms with Crippen molar-refractivity contribution in [2.24, 2.45) is 0 Å². The summed E-state index contributed by atoms with van der Waals surface area (Å²) in [5.74, 6) is 0. The van der Waals surface area contributed by atoms with Crippen LogP contribution < -0.4 is 16.4 Å². The fourth-order valence-electron chi connectivity index (χ4n) is 1.85. The third kappa shape index (κ3) is 3.60. The quantitative estimate of drug-likeness (QED) is 0.692. The van der Waals surface area contributed by atoms with Crippen molar-refractivity contribution in [1.82, 2.24) is 0 Å². The van der Waals surface area contributed by atoms with Crippen LogP contribution in [0, 0.1) is 13.8 Å². The first-order chi connectivity index (χ1) is 9.88. The van der Waals surface area contributed by atoms with Crippen LogP contribution >= 0.6 is 23.2 Å². The van der Waals surface area contributed by atoms with Gasteiger partial charge >= 0.3 is 6.03 Å². The Hall–Kier alpha value is -1.91. The fraction of sp³-hybridized carbons (Fsp3) is 0.133. The number of hydrogen-bond donors (Lipinski definition) is 3. The van der Waals surface area contributed by atoms with Crippen LogP contribution in [0.2, 0.25) is 10.0 Å². The largest absolute Gasteiger partial charge is 0.397 e. The van der Waals surface area contributed by atoms with Crippen LogP contribution in [0.5, 0.6) is 0 Å². The highest BCUT2D eigenvalue weighted by Gasteiger charge is 2.10. The lowest BCUT2D eigenvalue weighted by Gasteiger charge is -2.14. The molecule has 0 aromatic heterocycles. The van der Waals surface area contributed by atoms with Crippen molar-refractivity contribution in [2.75, 3.05) is 16.4 Å². The Labute approximate surface area is 133 Å². The standard InChI is InChI=1S/C15H15Cl2N3O/c1-8-3-6-13(18)14(9(8)2)20-15(21)19-10-4-5-11(16)12(17)7-10/h3-7H,18H2,1-2H3,(H2,19,20,21). The minimum atomic E-state index is -0.395. The van der Waals surface area contributed by atoms with E-state index in [1.54, 1.807) is 24.3 Å². The number of rotatable bonds is 2. The van der Waals surface area contributed by atoms with E-state index in [1.807, 2.05) is 19.9 Å². The normalized spacial score (nSPS) is 10.3. The van der Waals surface area contributed by atoms with Gasteiger partial charge < -0.3 is 16.4 Å². The summed E-state index contributed by atoms with van der Waals surface area (Å²) in [6.45, 7) is 3.86. The van der Waals surface area contributed by atoms with Crippen molar-refractivity contribution in [3.8, 4) is 0 Å². The average molecular weight is 324 g/mol. The Bertz CT molecular complexity index is 702. The molecule has 0 fully saturated rings. The van der Waals surface area contributed by atoms with E-state index in [0.717, 1.165) is 11.1 Å². The van der Waals surface area contributed by atoms with E-state index in [-0.39, 0.29) is 0 Å². The first-order valence-corrected chi connectivity index (χ1v) is 7.03. The minimum Gasteiger partial charge on any atom is -0.397 e. The molecule has 2 rings (SSSR count). The van der Waals surface area contributed by atoms with E-state index in [9.17, 15) is 4.79 Å². The number of aryl methyl sites for hydroxylation is 1. The van der Waals surface area contributed by atoms with Crippen molar-refractivity contribution < 1.29 is 4.79 Å². The predicted molar refractivity (Wildman–Crippen MR) is 89.4 cm³/mol. The monoisotopic (exact) mass is 323 g/mol. The molecule has 0 saturated carbocycles. The number of nitrogens with one attached hydrogen (secondary N) is 2. The molecule has 0 spiro atoms.